The van der Waals surface area contributed by atoms with Gasteiger partial charge in [0, 0.05) is 6.42 Å². The molecule has 1 aromatic rings. The van der Waals surface area contributed by atoms with E-state index in [1.165, 1.54) is 39.3 Å². The summed E-state index contributed by atoms with van der Waals surface area (Å²) in [5.41, 5.74) is 4.41. The van der Waals surface area contributed by atoms with Gasteiger partial charge in [0.2, 0.25) is 0 Å². The van der Waals surface area contributed by atoms with Crippen molar-refractivity contribution in [3.63, 3.8) is 0 Å². The van der Waals surface area contributed by atoms with Crippen LogP contribution in [0.2, 0.25) is 0 Å². The van der Waals surface area contributed by atoms with E-state index in [9.17, 15) is 14.9 Å². The zero-order valence-corrected chi connectivity index (χ0v) is 12.1. The molecule has 0 aliphatic rings. The predicted octanol–water partition coefficient (Wildman–Crippen LogP) is 1.26. The highest BCUT2D eigenvalue weighted by molar-refractivity contribution is 5.79. The van der Waals surface area contributed by atoms with E-state index in [1.807, 2.05) is 0 Å². The predicted molar refractivity (Wildman–Crippen MR) is 74.4 cm³/mol. The number of rotatable bonds is 7. The Labute approximate surface area is 121 Å². The van der Waals surface area contributed by atoms with Crippen molar-refractivity contribution in [2.45, 2.75) is 18.9 Å². The van der Waals surface area contributed by atoms with Crippen molar-refractivity contribution in [1.29, 1.82) is 0 Å². The molecule has 21 heavy (non-hydrogen) atoms. The Morgan fingerprint density at radius 1 is 1.43 bits per heavy atom. The summed E-state index contributed by atoms with van der Waals surface area (Å²) in [6.07, 6.45) is 0.208. The summed E-state index contributed by atoms with van der Waals surface area (Å²) >= 11 is 0. The molecule has 116 valence electrons. The van der Waals surface area contributed by atoms with Crippen LogP contribution in [-0.4, -0.2) is 37.3 Å². The lowest BCUT2D eigenvalue weighted by Gasteiger charge is -2.21. The van der Waals surface area contributed by atoms with E-state index in [-0.39, 0.29) is 24.5 Å². The number of methoxy groups -OCH3 is 2. The molecular weight excluding hydrogens is 280 g/mol. The maximum Gasteiger partial charge on any atom is 0.325 e. The molecule has 1 unspecified atom stereocenters. The van der Waals surface area contributed by atoms with Crippen LogP contribution in [0.5, 0.6) is 11.5 Å². The fraction of sp³-hybridized carbons (Fsp3) is 0.462. The van der Waals surface area contributed by atoms with Crippen LogP contribution in [0.15, 0.2) is 18.2 Å². The molecule has 0 saturated carbocycles. The number of carbonyl (C=O) groups is 1. The number of nitrogens with two attached hydrogens (primary N) is 1. The standard InChI is InChI=1S/C13H18N2O6/c1-13(14,12(16)20-3)6-7-21-9-4-5-11(19-2)10(8-9)15(17)18/h4-5,8H,6-7,14H2,1-3H3. The number of nitro benzene ring substituents is 1. The summed E-state index contributed by atoms with van der Waals surface area (Å²) in [5, 5.41) is 10.9. The maximum absolute atomic E-state index is 11.4. The molecule has 1 aromatic carbocycles. The molecule has 0 saturated heterocycles. The van der Waals surface area contributed by atoms with Gasteiger partial charge in [0.15, 0.2) is 5.75 Å². The van der Waals surface area contributed by atoms with Crippen LogP contribution < -0.4 is 15.2 Å². The fourth-order valence-corrected chi connectivity index (χ4v) is 1.62. The third-order valence-electron chi connectivity index (χ3n) is 2.89. The Balaban J connectivity index is 2.71. The van der Waals surface area contributed by atoms with Crippen LogP contribution in [0.4, 0.5) is 5.69 Å². The molecule has 1 rings (SSSR count). The van der Waals surface area contributed by atoms with Crippen molar-refractivity contribution >= 4 is 11.7 Å². The van der Waals surface area contributed by atoms with Gasteiger partial charge in [0.25, 0.3) is 0 Å². The van der Waals surface area contributed by atoms with Crippen LogP contribution >= 0.6 is 0 Å². The largest absolute Gasteiger partial charge is 0.493 e. The number of nitrogens with zero attached hydrogens (tertiary/aromatic N) is 1. The van der Waals surface area contributed by atoms with Gasteiger partial charge in [0.05, 0.1) is 31.8 Å². The molecule has 0 fully saturated rings. The Morgan fingerprint density at radius 3 is 2.62 bits per heavy atom. The molecule has 0 spiro atoms. The Morgan fingerprint density at radius 2 is 2.10 bits per heavy atom. The van der Waals surface area contributed by atoms with E-state index in [0.717, 1.165) is 0 Å². The van der Waals surface area contributed by atoms with E-state index < -0.39 is 16.4 Å². The average Bonchev–Trinajstić information content (AvgIpc) is 2.45. The summed E-state index contributed by atoms with van der Waals surface area (Å²) in [6.45, 7) is 1.64. The summed E-state index contributed by atoms with van der Waals surface area (Å²) < 4.78 is 14.8. The van der Waals surface area contributed by atoms with Gasteiger partial charge < -0.3 is 19.9 Å². The van der Waals surface area contributed by atoms with Crippen molar-refractivity contribution in [2.75, 3.05) is 20.8 Å². The lowest BCUT2D eigenvalue weighted by molar-refractivity contribution is -0.385. The third kappa shape index (κ3) is 4.32. The average molecular weight is 298 g/mol. The van der Waals surface area contributed by atoms with Crippen LogP contribution in [0.1, 0.15) is 13.3 Å². The lowest BCUT2D eigenvalue weighted by Crippen LogP contribution is -2.46. The monoisotopic (exact) mass is 298 g/mol. The molecule has 0 aliphatic heterocycles. The van der Waals surface area contributed by atoms with E-state index in [2.05, 4.69) is 4.74 Å². The zero-order valence-electron chi connectivity index (χ0n) is 12.1. The van der Waals surface area contributed by atoms with Crippen LogP contribution in [-0.2, 0) is 9.53 Å². The first kappa shape index (κ1) is 16.7. The highest BCUT2D eigenvalue weighted by atomic mass is 16.6. The maximum atomic E-state index is 11.4. The number of ether oxygens (including phenoxy) is 3. The minimum Gasteiger partial charge on any atom is -0.493 e. The Hall–Kier alpha value is -2.35. The van der Waals surface area contributed by atoms with E-state index in [4.69, 9.17) is 15.2 Å². The number of benzene rings is 1. The number of esters is 1. The number of hydrogen-bond donors (Lipinski definition) is 1. The van der Waals surface area contributed by atoms with Gasteiger partial charge in [-0.25, -0.2) is 0 Å². The molecule has 2 N–H and O–H groups in total. The Kier molecular flexibility index (Phi) is 5.48. The lowest BCUT2D eigenvalue weighted by atomic mass is 10.0. The smallest absolute Gasteiger partial charge is 0.325 e. The van der Waals surface area contributed by atoms with Gasteiger partial charge in [0.1, 0.15) is 11.3 Å². The molecule has 8 nitrogen and oxygen atoms in total. The minimum atomic E-state index is -1.17. The molecule has 0 amide bonds. The third-order valence-corrected chi connectivity index (χ3v) is 2.89. The summed E-state index contributed by atoms with van der Waals surface area (Å²) in [5.74, 6) is -0.111. The number of nitro groups is 1. The first-order valence-corrected chi connectivity index (χ1v) is 6.14. The second kappa shape index (κ2) is 6.89. The van der Waals surface area contributed by atoms with Crippen molar-refractivity contribution in [2.24, 2.45) is 5.73 Å². The quantitative estimate of drug-likeness (QED) is 0.458. The van der Waals surface area contributed by atoms with Gasteiger partial charge in [-0.3, -0.25) is 14.9 Å². The van der Waals surface area contributed by atoms with Crippen LogP contribution in [0.25, 0.3) is 0 Å². The van der Waals surface area contributed by atoms with Crippen molar-refractivity contribution < 1.29 is 23.9 Å². The van der Waals surface area contributed by atoms with Gasteiger partial charge in [-0.1, -0.05) is 0 Å². The second-order valence-electron chi connectivity index (χ2n) is 4.60. The molecule has 0 radical (unpaired) electrons. The number of hydrogen-bond acceptors (Lipinski definition) is 7. The fourth-order valence-electron chi connectivity index (χ4n) is 1.62. The van der Waals surface area contributed by atoms with Crippen LogP contribution in [0.3, 0.4) is 0 Å². The summed E-state index contributed by atoms with van der Waals surface area (Å²) in [6, 6.07) is 4.23. The van der Waals surface area contributed by atoms with Crippen molar-refractivity contribution in [3.8, 4) is 11.5 Å². The zero-order chi connectivity index (χ0) is 16.0. The molecular formula is C13H18N2O6. The minimum absolute atomic E-state index is 0.117. The molecule has 1 atom stereocenters. The van der Waals surface area contributed by atoms with Gasteiger partial charge in [-0.15, -0.1) is 0 Å². The van der Waals surface area contributed by atoms with E-state index in [1.54, 1.807) is 0 Å². The highest BCUT2D eigenvalue weighted by Crippen LogP contribution is 2.30. The topological polar surface area (TPSA) is 114 Å². The first-order valence-electron chi connectivity index (χ1n) is 6.14. The normalized spacial score (nSPS) is 13.1. The first-order chi connectivity index (χ1) is 9.81. The van der Waals surface area contributed by atoms with Gasteiger partial charge in [-0.05, 0) is 19.1 Å². The Bertz CT molecular complexity index is 529. The van der Waals surface area contributed by atoms with Crippen molar-refractivity contribution in [3.05, 3.63) is 28.3 Å². The molecule has 0 bridgehead atoms. The SMILES string of the molecule is COC(=O)C(C)(N)CCOc1ccc(OC)c([N+](=O)[O-])c1. The van der Waals surface area contributed by atoms with Gasteiger partial charge in [-0.2, -0.15) is 0 Å². The highest BCUT2D eigenvalue weighted by Gasteiger charge is 2.29. The molecule has 0 aliphatic carbocycles. The summed E-state index contributed by atoms with van der Waals surface area (Å²) in [4.78, 5) is 21.7. The van der Waals surface area contributed by atoms with Gasteiger partial charge >= 0.3 is 11.7 Å². The molecule has 0 heterocycles. The van der Waals surface area contributed by atoms with Crippen LogP contribution in [0, 0.1) is 10.1 Å². The molecule has 8 heteroatoms. The molecule has 0 aromatic heterocycles. The van der Waals surface area contributed by atoms with E-state index in [0.29, 0.717) is 5.75 Å². The second-order valence-corrected chi connectivity index (χ2v) is 4.60. The van der Waals surface area contributed by atoms with E-state index >= 15 is 0 Å². The number of carbonyl (C=O) groups excluding carboxylic acids is 1. The summed E-state index contributed by atoms with van der Waals surface area (Å²) in [7, 11) is 2.60. The van der Waals surface area contributed by atoms with Crippen molar-refractivity contribution in [1.82, 2.24) is 0 Å².